The highest BCUT2D eigenvalue weighted by molar-refractivity contribution is 5.24. The predicted octanol–water partition coefficient (Wildman–Crippen LogP) is 4.77. The van der Waals surface area contributed by atoms with E-state index in [1.165, 1.54) is 43.2 Å². The molecule has 2 nitrogen and oxygen atoms in total. The van der Waals surface area contributed by atoms with E-state index in [2.05, 4.69) is 57.3 Å². The molecule has 0 saturated heterocycles. The Morgan fingerprint density at radius 2 is 1.90 bits per heavy atom. The van der Waals surface area contributed by atoms with Crippen molar-refractivity contribution in [2.45, 2.75) is 77.5 Å². The van der Waals surface area contributed by atoms with Crippen molar-refractivity contribution in [2.75, 3.05) is 6.54 Å². The van der Waals surface area contributed by atoms with E-state index < -0.39 is 0 Å². The summed E-state index contributed by atoms with van der Waals surface area (Å²) in [6.07, 6.45) is 7.04. The van der Waals surface area contributed by atoms with Gasteiger partial charge in [-0.25, -0.2) is 0 Å². The van der Waals surface area contributed by atoms with E-state index in [0.717, 1.165) is 6.54 Å². The molecule has 0 radical (unpaired) electrons. The molecule has 1 aliphatic carbocycles. The van der Waals surface area contributed by atoms with E-state index in [-0.39, 0.29) is 11.6 Å². The summed E-state index contributed by atoms with van der Waals surface area (Å²) in [5, 5.41) is 3.60. The van der Waals surface area contributed by atoms with Crippen molar-refractivity contribution in [3.8, 4) is 0 Å². The summed E-state index contributed by atoms with van der Waals surface area (Å²) in [4.78, 5) is 0. The van der Waals surface area contributed by atoms with E-state index >= 15 is 0 Å². The number of benzene rings is 1. The Kier molecular flexibility index (Phi) is 5.83. The first-order valence-corrected chi connectivity index (χ1v) is 8.41. The zero-order valence-corrected chi connectivity index (χ0v) is 14.1. The highest BCUT2D eigenvalue weighted by atomic mass is 16.5. The van der Waals surface area contributed by atoms with Crippen LogP contribution in [-0.2, 0) is 4.74 Å². The number of nitrogens with one attached hydrogen (secondary N) is 1. The zero-order valence-electron chi connectivity index (χ0n) is 14.1. The molecule has 1 N–H and O–H groups in total. The molecule has 0 aromatic heterocycles. The van der Waals surface area contributed by atoms with Crippen molar-refractivity contribution in [2.24, 2.45) is 0 Å². The summed E-state index contributed by atoms with van der Waals surface area (Å²) in [7, 11) is 0. The van der Waals surface area contributed by atoms with Gasteiger partial charge in [0.05, 0.1) is 12.2 Å². The third-order valence-corrected chi connectivity index (χ3v) is 4.14. The molecule has 1 fully saturated rings. The van der Waals surface area contributed by atoms with Crippen LogP contribution in [0.1, 0.15) is 70.1 Å². The van der Waals surface area contributed by atoms with Crippen LogP contribution in [0.5, 0.6) is 0 Å². The third kappa shape index (κ3) is 5.80. The molecule has 21 heavy (non-hydrogen) atoms. The topological polar surface area (TPSA) is 21.3 Å². The minimum Gasteiger partial charge on any atom is -0.369 e. The molecule has 0 heterocycles. The highest BCUT2D eigenvalue weighted by Crippen LogP contribution is 2.27. The van der Waals surface area contributed by atoms with Gasteiger partial charge in [-0.2, -0.15) is 0 Å². The van der Waals surface area contributed by atoms with Gasteiger partial charge in [0.1, 0.15) is 0 Å². The molecule has 2 heteroatoms. The van der Waals surface area contributed by atoms with Crippen molar-refractivity contribution in [1.82, 2.24) is 5.32 Å². The largest absolute Gasteiger partial charge is 0.369 e. The molecule has 1 atom stereocenters. The molecule has 1 aliphatic rings. The van der Waals surface area contributed by atoms with Gasteiger partial charge in [-0.15, -0.1) is 0 Å². The summed E-state index contributed by atoms with van der Waals surface area (Å²) >= 11 is 0. The molecule has 0 aliphatic heterocycles. The minimum atomic E-state index is 0.123. The van der Waals surface area contributed by atoms with Crippen LogP contribution in [0.3, 0.4) is 0 Å². The molecule has 1 aromatic rings. The van der Waals surface area contributed by atoms with Crippen LogP contribution < -0.4 is 5.32 Å². The van der Waals surface area contributed by atoms with Gasteiger partial charge in [0.2, 0.25) is 0 Å². The van der Waals surface area contributed by atoms with Crippen LogP contribution in [0.25, 0.3) is 0 Å². The van der Waals surface area contributed by atoms with E-state index in [4.69, 9.17) is 4.74 Å². The Bertz CT molecular complexity index is 429. The van der Waals surface area contributed by atoms with E-state index in [1.807, 2.05) is 0 Å². The van der Waals surface area contributed by atoms with Gasteiger partial charge in [-0.1, -0.05) is 49.1 Å². The van der Waals surface area contributed by atoms with Crippen LogP contribution in [0.4, 0.5) is 0 Å². The first-order valence-electron chi connectivity index (χ1n) is 8.41. The van der Waals surface area contributed by atoms with Crippen molar-refractivity contribution < 1.29 is 4.74 Å². The first kappa shape index (κ1) is 16.5. The summed E-state index contributed by atoms with van der Waals surface area (Å²) < 4.78 is 6.47. The second-order valence-corrected chi connectivity index (χ2v) is 7.43. The van der Waals surface area contributed by atoms with Gasteiger partial charge >= 0.3 is 0 Å². The van der Waals surface area contributed by atoms with Gasteiger partial charge in [-0.3, -0.25) is 0 Å². The molecule has 0 spiro atoms. The van der Waals surface area contributed by atoms with Crippen LogP contribution in [0.15, 0.2) is 24.3 Å². The van der Waals surface area contributed by atoms with Crippen LogP contribution in [0.2, 0.25) is 0 Å². The molecule has 1 saturated carbocycles. The SMILES string of the molecule is Cc1cccc(C(CNC(C)(C)C)OC2CCCCC2)c1. The van der Waals surface area contributed by atoms with Gasteiger partial charge in [0.15, 0.2) is 0 Å². The Balaban J connectivity index is 2.05. The fourth-order valence-corrected chi connectivity index (χ4v) is 2.95. The standard InChI is InChI=1S/C19H31NO/c1-15-9-8-10-16(13-15)18(14-20-19(2,3)4)21-17-11-6-5-7-12-17/h8-10,13,17-18,20H,5-7,11-12,14H2,1-4H3. The zero-order chi connectivity index (χ0) is 15.3. The Labute approximate surface area is 130 Å². The lowest BCUT2D eigenvalue weighted by Gasteiger charge is -2.31. The number of ether oxygens (including phenoxy) is 1. The fraction of sp³-hybridized carbons (Fsp3) is 0.684. The number of aryl methyl sites for hydroxylation is 1. The Hall–Kier alpha value is -0.860. The maximum Gasteiger partial charge on any atom is 0.0953 e. The fourth-order valence-electron chi connectivity index (χ4n) is 2.95. The molecule has 0 amide bonds. The molecule has 118 valence electrons. The third-order valence-electron chi connectivity index (χ3n) is 4.14. The average molecular weight is 289 g/mol. The highest BCUT2D eigenvalue weighted by Gasteiger charge is 2.22. The van der Waals surface area contributed by atoms with Crippen molar-refractivity contribution in [3.63, 3.8) is 0 Å². The summed E-state index contributed by atoms with van der Waals surface area (Å²) in [6.45, 7) is 9.66. The summed E-state index contributed by atoms with van der Waals surface area (Å²) in [6, 6.07) is 8.75. The van der Waals surface area contributed by atoms with Crippen molar-refractivity contribution in [1.29, 1.82) is 0 Å². The number of hydrogen-bond acceptors (Lipinski definition) is 2. The second-order valence-electron chi connectivity index (χ2n) is 7.43. The lowest BCUT2D eigenvalue weighted by atomic mass is 9.97. The smallest absolute Gasteiger partial charge is 0.0953 e. The maximum atomic E-state index is 6.47. The molecule has 2 rings (SSSR count). The number of rotatable bonds is 5. The van der Waals surface area contributed by atoms with Gasteiger partial charge < -0.3 is 10.1 Å². The van der Waals surface area contributed by atoms with E-state index in [0.29, 0.717) is 6.10 Å². The molecule has 1 unspecified atom stereocenters. The quantitative estimate of drug-likeness (QED) is 0.842. The second kappa shape index (κ2) is 7.42. The van der Waals surface area contributed by atoms with Gasteiger partial charge in [0.25, 0.3) is 0 Å². The summed E-state index contributed by atoms with van der Waals surface area (Å²) in [5.74, 6) is 0. The molecular formula is C19H31NO. The molecule has 0 bridgehead atoms. The van der Waals surface area contributed by atoms with Gasteiger partial charge in [0, 0.05) is 12.1 Å². The van der Waals surface area contributed by atoms with Crippen LogP contribution in [0, 0.1) is 6.92 Å². The predicted molar refractivity (Wildman–Crippen MR) is 89.6 cm³/mol. The van der Waals surface area contributed by atoms with Crippen molar-refractivity contribution >= 4 is 0 Å². The first-order chi connectivity index (χ1) is 9.94. The molecule has 1 aromatic carbocycles. The Morgan fingerprint density at radius 3 is 2.52 bits per heavy atom. The monoisotopic (exact) mass is 289 g/mol. The molecular weight excluding hydrogens is 258 g/mol. The van der Waals surface area contributed by atoms with Crippen LogP contribution in [-0.4, -0.2) is 18.2 Å². The minimum absolute atomic E-state index is 0.123. The van der Waals surface area contributed by atoms with Crippen LogP contribution >= 0.6 is 0 Å². The maximum absolute atomic E-state index is 6.47. The van der Waals surface area contributed by atoms with Crippen molar-refractivity contribution in [3.05, 3.63) is 35.4 Å². The Morgan fingerprint density at radius 1 is 1.19 bits per heavy atom. The normalized spacial score (nSPS) is 18.7. The average Bonchev–Trinajstić information content (AvgIpc) is 2.43. The van der Waals surface area contributed by atoms with E-state index in [9.17, 15) is 0 Å². The van der Waals surface area contributed by atoms with E-state index in [1.54, 1.807) is 0 Å². The lowest BCUT2D eigenvalue weighted by molar-refractivity contribution is -0.0328. The number of hydrogen-bond donors (Lipinski definition) is 1. The van der Waals surface area contributed by atoms with Gasteiger partial charge in [-0.05, 0) is 46.1 Å². The summed E-state index contributed by atoms with van der Waals surface area (Å²) in [5.41, 5.74) is 2.73. The lowest BCUT2D eigenvalue weighted by Crippen LogP contribution is -2.40.